The lowest BCUT2D eigenvalue weighted by Gasteiger charge is -2.09. The second kappa shape index (κ2) is 5.01. The quantitative estimate of drug-likeness (QED) is 0.448. The molecule has 0 radical (unpaired) electrons. The molecule has 1 amide bonds. The fourth-order valence-electron chi connectivity index (χ4n) is 0.527. The van der Waals surface area contributed by atoms with E-state index in [1.54, 1.807) is 0 Å². The van der Waals surface area contributed by atoms with Crippen LogP contribution in [0.5, 0.6) is 0 Å². The Labute approximate surface area is 59.5 Å². The zero-order valence-corrected chi connectivity index (χ0v) is 5.75. The Morgan fingerprint density at radius 3 is 2.60 bits per heavy atom. The number of amides is 1. The van der Waals surface area contributed by atoms with Crippen molar-refractivity contribution in [2.45, 2.75) is 19.1 Å². The van der Waals surface area contributed by atoms with Crippen LogP contribution >= 0.6 is 0 Å². The number of hydrogen-bond donors (Lipinski definition) is 3. The minimum absolute atomic E-state index is 0.538. The van der Waals surface area contributed by atoms with E-state index in [0.717, 1.165) is 6.42 Å². The van der Waals surface area contributed by atoms with Crippen molar-refractivity contribution in [2.24, 2.45) is 17.2 Å². The van der Waals surface area contributed by atoms with Crippen molar-refractivity contribution in [3.63, 3.8) is 0 Å². The summed E-state index contributed by atoms with van der Waals surface area (Å²) in [5.74, 6) is 0. The van der Waals surface area contributed by atoms with Gasteiger partial charge in [0.15, 0.2) is 6.23 Å². The van der Waals surface area contributed by atoms with Crippen LogP contribution in [0.2, 0.25) is 0 Å². The van der Waals surface area contributed by atoms with Crippen molar-refractivity contribution in [2.75, 3.05) is 6.54 Å². The van der Waals surface area contributed by atoms with Crippen molar-refractivity contribution in [3.8, 4) is 0 Å². The predicted molar refractivity (Wildman–Crippen MR) is 36.9 cm³/mol. The molecule has 0 aliphatic carbocycles. The van der Waals surface area contributed by atoms with Gasteiger partial charge in [-0.15, -0.1) is 0 Å². The van der Waals surface area contributed by atoms with Gasteiger partial charge in [-0.3, -0.25) is 5.73 Å². The van der Waals surface area contributed by atoms with Gasteiger partial charge in [-0.05, 0) is 19.4 Å². The highest BCUT2D eigenvalue weighted by atomic mass is 16.6. The van der Waals surface area contributed by atoms with Crippen LogP contribution in [-0.4, -0.2) is 18.9 Å². The molecule has 0 rings (SSSR count). The maximum atomic E-state index is 10.1. The smallest absolute Gasteiger partial charge is 0.406 e. The molecule has 5 nitrogen and oxygen atoms in total. The molecule has 0 saturated carbocycles. The lowest BCUT2D eigenvalue weighted by molar-refractivity contribution is 0.104. The van der Waals surface area contributed by atoms with Crippen molar-refractivity contribution < 1.29 is 9.53 Å². The Morgan fingerprint density at radius 1 is 1.60 bits per heavy atom. The SMILES string of the molecule is NCCCC(N)OC(N)=O. The molecule has 0 aromatic carbocycles. The number of primary amides is 1. The van der Waals surface area contributed by atoms with Gasteiger partial charge in [0.1, 0.15) is 0 Å². The van der Waals surface area contributed by atoms with E-state index in [1.807, 2.05) is 0 Å². The van der Waals surface area contributed by atoms with Crippen molar-refractivity contribution >= 4 is 6.09 Å². The molecule has 0 aromatic heterocycles. The van der Waals surface area contributed by atoms with Crippen LogP contribution < -0.4 is 17.2 Å². The van der Waals surface area contributed by atoms with E-state index >= 15 is 0 Å². The summed E-state index contributed by atoms with van der Waals surface area (Å²) in [5, 5.41) is 0. The minimum Gasteiger partial charge on any atom is -0.431 e. The third kappa shape index (κ3) is 5.33. The van der Waals surface area contributed by atoms with Crippen LogP contribution in [0.25, 0.3) is 0 Å². The molecule has 6 N–H and O–H groups in total. The largest absolute Gasteiger partial charge is 0.431 e. The molecule has 5 heteroatoms. The molecule has 0 aliphatic rings. The van der Waals surface area contributed by atoms with Gasteiger partial charge >= 0.3 is 6.09 Å². The summed E-state index contributed by atoms with van der Waals surface area (Å²) in [6.45, 7) is 0.538. The lowest BCUT2D eigenvalue weighted by Crippen LogP contribution is -2.30. The highest BCUT2D eigenvalue weighted by Crippen LogP contribution is 1.93. The predicted octanol–water partition coefficient (Wildman–Crippen LogP) is -0.895. The molecule has 0 bridgehead atoms. The van der Waals surface area contributed by atoms with Crippen LogP contribution in [0.4, 0.5) is 4.79 Å². The molecule has 0 heterocycles. The standard InChI is InChI=1S/C5H13N3O2/c6-3-1-2-4(7)10-5(8)9/h4H,1-3,6-7H2,(H2,8,9). The van der Waals surface area contributed by atoms with Crippen LogP contribution in [0.3, 0.4) is 0 Å². The summed E-state index contributed by atoms with van der Waals surface area (Å²) in [7, 11) is 0. The Hall–Kier alpha value is -0.810. The zero-order valence-electron chi connectivity index (χ0n) is 5.75. The molecule has 0 fully saturated rings. The van der Waals surface area contributed by atoms with Gasteiger partial charge in [0.05, 0.1) is 0 Å². The van der Waals surface area contributed by atoms with Gasteiger partial charge in [-0.1, -0.05) is 0 Å². The van der Waals surface area contributed by atoms with Crippen molar-refractivity contribution in [1.29, 1.82) is 0 Å². The first kappa shape index (κ1) is 9.19. The van der Waals surface area contributed by atoms with Gasteiger partial charge < -0.3 is 16.2 Å². The summed E-state index contributed by atoms with van der Waals surface area (Å²) in [6.07, 6.45) is -0.168. The number of rotatable bonds is 4. The second-order valence-corrected chi connectivity index (χ2v) is 1.91. The number of nitrogens with two attached hydrogens (primary N) is 3. The maximum Gasteiger partial charge on any atom is 0.406 e. The lowest BCUT2D eigenvalue weighted by atomic mass is 10.3. The third-order valence-electron chi connectivity index (χ3n) is 0.960. The highest BCUT2D eigenvalue weighted by Gasteiger charge is 2.03. The molecular formula is C5H13N3O2. The zero-order chi connectivity index (χ0) is 7.98. The molecule has 1 atom stereocenters. The Bertz CT molecular complexity index is 107. The minimum atomic E-state index is -0.843. The van der Waals surface area contributed by atoms with Gasteiger partial charge in [-0.25, -0.2) is 4.79 Å². The van der Waals surface area contributed by atoms with Crippen LogP contribution in [-0.2, 0) is 4.74 Å². The first-order valence-corrected chi connectivity index (χ1v) is 3.08. The number of carbonyl (C=O) groups excluding carboxylic acids is 1. The topological polar surface area (TPSA) is 104 Å². The molecule has 1 unspecified atom stereocenters. The Morgan fingerprint density at radius 2 is 2.20 bits per heavy atom. The molecule has 0 aliphatic heterocycles. The second-order valence-electron chi connectivity index (χ2n) is 1.91. The van der Waals surface area contributed by atoms with E-state index in [4.69, 9.17) is 17.2 Å². The molecule has 0 aromatic rings. The normalized spacial score (nSPS) is 12.6. The van der Waals surface area contributed by atoms with E-state index in [9.17, 15) is 4.79 Å². The third-order valence-corrected chi connectivity index (χ3v) is 0.960. The summed E-state index contributed by atoms with van der Waals surface area (Å²) in [6, 6.07) is 0. The van der Waals surface area contributed by atoms with Crippen molar-refractivity contribution in [1.82, 2.24) is 0 Å². The van der Waals surface area contributed by atoms with E-state index in [-0.39, 0.29) is 0 Å². The van der Waals surface area contributed by atoms with E-state index < -0.39 is 12.3 Å². The fraction of sp³-hybridized carbons (Fsp3) is 0.800. The van der Waals surface area contributed by atoms with Gasteiger partial charge in [-0.2, -0.15) is 0 Å². The van der Waals surface area contributed by atoms with Crippen molar-refractivity contribution in [3.05, 3.63) is 0 Å². The van der Waals surface area contributed by atoms with Crippen LogP contribution in [0.1, 0.15) is 12.8 Å². The average Bonchev–Trinajstić information content (AvgIpc) is 1.82. The fourth-order valence-corrected chi connectivity index (χ4v) is 0.527. The molecular weight excluding hydrogens is 134 g/mol. The number of carbonyl (C=O) groups is 1. The Balaban J connectivity index is 3.25. The molecule has 60 valence electrons. The molecule has 10 heavy (non-hydrogen) atoms. The molecule has 0 saturated heterocycles. The Kier molecular flexibility index (Phi) is 4.61. The van der Waals surface area contributed by atoms with Crippen LogP contribution in [0, 0.1) is 0 Å². The molecule has 0 spiro atoms. The van der Waals surface area contributed by atoms with Gasteiger partial charge in [0.25, 0.3) is 0 Å². The van der Waals surface area contributed by atoms with Crippen LogP contribution in [0.15, 0.2) is 0 Å². The first-order chi connectivity index (χ1) is 4.66. The summed E-state index contributed by atoms with van der Waals surface area (Å²) >= 11 is 0. The summed E-state index contributed by atoms with van der Waals surface area (Å²) in [4.78, 5) is 10.1. The van der Waals surface area contributed by atoms with E-state index in [1.165, 1.54) is 0 Å². The number of ether oxygens (including phenoxy) is 1. The average molecular weight is 147 g/mol. The maximum absolute atomic E-state index is 10.1. The summed E-state index contributed by atoms with van der Waals surface area (Å²) in [5.41, 5.74) is 15.2. The first-order valence-electron chi connectivity index (χ1n) is 3.08. The highest BCUT2D eigenvalue weighted by molar-refractivity contribution is 5.64. The van der Waals surface area contributed by atoms with Gasteiger partial charge in [0, 0.05) is 0 Å². The summed E-state index contributed by atoms with van der Waals surface area (Å²) < 4.78 is 4.41. The van der Waals surface area contributed by atoms with E-state index in [0.29, 0.717) is 13.0 Å². The van der Waals surface area contributed by atoms with E-state index in [2.05, 4.69) is 4.74 Å². The van der Waals surface area contributed by atoms with Gasteiger partial charge in [0.2, 0.25) is 0 Å². The monoisotopic (exact) mass is 147 g/mol. The number of hydrogen-bond acceptors (Lipinski definition) is 4.